The van der Waals surface area contributed by atoms with Crippen molar-refractivity contribution < 1.29 is 4.79 Å². The van der Waals surface area contributed by atoms with Crippen molar-refractivity contribution in [2.24, 2.45) is 0 Å². The third kappa shape index (κ3) is 5.66. The summed E-state index contributed by atoms with van der Waals surface area (Å²) in [5.41, 5.74) is 8.20. The number of fused-ring (bicyclic) bond motifs is 1. The third-order valence-electron chi connectivity index (χ3n) is 7.03. The van der Waals surface area contributed by atoms with Crippen molar-refractivity contribution in [3.63, 3.8) is 0 Å². The van der Waals surface area contributed by atoms with E-state index in [1.807, 2.05) is 53.0 Å². The molecule has 0 unspecified atom stereocenters. The summed E-state index contributed by atoms with van der Waals surface area (Å²) in [7, 11) is 0. The van der Waals surface area contributed by atoms with Gasteiger partial charge in [0.05, 0.1) is 16.4 Å². The number of rotatable bonds is 8. The summed E-state index contributed by atoms with van der Waals surface area (Å²) in [6, 6.07) is 26.4. The molecule has 0 radical (unpaired) electrons. The molecule has 1 fully saturated rings. The molecule has 0 atom stereocenters. The summed E-state index contributed by atoms with van der Waals surface area (Å²) < 4.78 is 2.65. The fourth-order valence-electron chi connectivity index (χ4n) is 4.74. The Bertz CT molecular complexity index is 1640. The first-order valence-corrected chi connectivity index (χ1v) is 13.9. The largest absolute Gasteiger partial charge is 0.366 e. The predicted molar refractivity (Wildman–Crippen MR) is 159 cm³/mol. The van der Waals surface area contributed by atoms with Gasteiger partial charge in [-0.15, -0.1) is 0 Å². The van der Waals surface area contributed by atoms with Crippen molar-refractivity contribution in [2.75, 3.05) is 10.6 Å². The fourth-order valence-corrected chi connectivity index (χ4v) is 5.09. The van der Waals surface area contributed by atoms with Gasteiger partial charge in [-0.1, -0.05) is 66.7 Å². The molecule has 1 aliphatic rings. The summed E-state index contributed by atoms with van der Waals surface area (Å²) in [6.45, 7) is 3.17. The van der Waals surface area contributed by atoms with Crippen molar-refractivity contribution >= 4 is 39.1 Å². The molecule has 196 valence electrons. The second-order valence-corrected chi connectivity index (χ2v) is 10.8. The summed E-state index contributed by atoms with van der Waals surface area (Å²) in [4.78, 5) is 17.4. The first-order valence-electron chi connectivity index (χ1n) is 13.1. The van der Waals surface area contributed by atoms with Crippen LogP contribution in [-0.2, 0) is 13.1 Å². The van der Waals surface area contributed by atoms with Crippen LogP contribution in [0.3, 0.4) is 0 Å². The standard InChI is InChI=1S/C31H29BrN6O/c1-20-6-2-3-7-24(20)28-16-29(38-30(36-28)26(32)19-35-38)33-17-21-10-12-22(13-11-21)18-34-31(39)37-27-9-5-4-8-25(27)23-14-15-23/h2-13,16,19,23,33H,14-15,17-18H2,1H3,(H2,34,37,39). The van der Waals surface area contributed by atoms with Gasteiger partial charge < -0.3 is 16.0 Å². The number of anilines is 2. The van der Waals surface area contributed by atoms with Crippen LogP contribution >= 0.6 is 15.9 Å². The normalized spacial score (nSPS) is 12.9. The number of nitrogens with one attached hydrogen (secondary N) is 3. The van der Waals surface area contributed by atoms with Crippen molar-refractivity contribution in [2.45, 2.75) is 38.8 Å². The van der Waals surface area contributed by atoms with E-state index in [-0.39, 0.29) is 6.03 Å². The molecule has 2 amide bonds. The molecule has 3 aromatic carbocycles. The highest BCUT2D eigenvalue weighted by Gasteiger charge is 2.26. The van der Waals surface area contributed by atoms with E-state index in [1.54, 1.807) is 6.20 Å². The van der Waals surface area contributed by atoms with Crippen molar-refractivity contribution in [1.82, 2.24) is 19.9 Å². The molecule has 0 spiro atoms. The molecule has 1 saturated carbocycles. The lowest BCUT2D eigenvalue weighted by Gasteiger charge is -2.13. The van der Waals surface area contributed by atoms with Crippen LogP contribution in [0.4, 0.5) is 16.3 Å². The first-order chi connectivity index (χ1) is 19.0. The van der Waals surface area contributed by atoms with E-state index in [9.17, 15) is 4.79 Å². The number of para-hydroxylation sites is 1. The Kier molecular flexibility index (Phi) is 7.02. The van der Waals surface area contributed by atoms with Crippen LogP contribution in [0.5, 0.6) is 0 Å². The zero-order valence-electron chi connectivity index (χ0n) is 21.6. The minimum absolute atomic E-state index is 0.189. The Morgan fingerprint density at radius 1 is 0.974 bits per heavy atom. The van der Waals surface area contributed by atoms with E-state index in [4.69, 9.17) is 4.98 Å². The highest BCUT2D eigenvalue weighted by atomic mass is 79.9. The number of carbonyl (C=O) groups is 1. The van der Waals surface area contributed by atoms with Crippen LogP contribution in [0.15, 0.2) is 89.5 Å². The van der Waals surface area contributed by atoms with Gasteiger partial charge in [-0.05, 0) is 69.9 Å². The van der Waals surface area contributed by atoms with Crippen LogP contribution < -0.4 is 16.0 Å². The zero-order chi connectivity index (χ0) is 26.8. The maximum absolute atomic E-state index is 12.5. The lowest BCUT2D eigenvalue weighted by molar-refractivity contribution is 0.251. The average molecular weight is 582 g/mol. The minimum Gasteiger partial charge on any atom is -0.366 e. The third-order valence-corrected chi connectivity index (χ3v) is 7.59. The maximum Gasteiger partial charge on any atom is 0.319 e. The Morgan fingerprint density at radius 3 is 2.46 bits per heavy atom. The molecule has 0 aliphatic heterocycles. The zero-order valence-corrected chi connectivity index (χ0v) is 23.2. The summed E-state index contributed by atoms with van der Waals surface area (Å²) in [5.74, 6) is 1.44. The van der Waals surface area contributed by atoms with Crippen molar-refractivity contribution in [1.29, 1.82) is 0 Å². The molecule has 7 nitrogen and oxygen atoms in total. The maximum atomic E-state index is 12.5. The van der Waals surface area contributed by atoms with Crippen LogP contribution in [0.25, 0.3) is 16.9 Å². The lowest BCUT2D eigenvalue weighted by atomic mass is 10.1. The second kappa shape index (κ2) is 10.9. The molecule has 0 bridgehead atoms. The highest BCUT2D eigenvalue weighted by molar-refractivity contribution is 9.10. The van der Waals surface area contributed by atoms with Gasteiger partial charge in [0.1, 0.15) is 5.82 Å². The number of halogens is 1. The van der Waals surface area contributed by atoms with Crippen LogP contribution in [0.2, 0.25) is 0 Å². The van der Waals surface area contributed by atoms with Gasteiger partial charge in [-0.25, -0.2) is 9.78 Å². The molecule has 8 heteroatoms. The molecule has 5 aromatic rings. The van der Waals surface area contributed by atoms with Gasteiger partial charge in [-0.3, -0.25) is 0 Å². The Labute approximate surface area is 235 Å². The van der Waals surface area contributed by atoms with E-state index >= 15 is 0 Å². The van der Waals surface area contributed by atoms with Gasteiger partial charge in [0.2, 0.25) is 0 Å². The molecule has 2 heterocycles. The van der Waals surface area contributed by atoms with Crippen molar-refractivity contribution in [3.05, 3.63) is 112 Å². The smallest absolute Gasteiger partial charge is 0.319 e. The molecule has 2 aromatic heterocycles. The van der Waals surface area contributed by atoms with Crippen LogP contribution in [0.1, 0.15) is 41.0 Å². The summed E-state index contributed by atoms with van der Waals surface area (Å²) in [6.07, 6.45) is 4.15. The fraction of sp³-hybridized carbons (Fsp3) is 0.194. The van der Waals surface area contributed by atoms with Gasteiger partial charge in [-0.2, -0.15) is 9.61 Å². The van der Waals surface area contributed by atoms with Gasteiger partial charge in [0.15, 0.2) is 5.65 Å². The number of hydrogen-bond donors (Lipinski definition) is 3. The number of urea groups is 1. The Morgan fingerprint density at radius 2 is 1.69 bits per heavy atom. The number of benzene rings is 3. The Hall–Kier alpha value is -4.17. The minimum atomic E-state index is -0.189. The van der Waals surface area contributed by atoms with Gasteiger partial charge >= 0.3 is 6.03 Å². The quantitative estimate of drug-likeness (QED) is 0.180. The topological polar surface area (TPSA) is 83.3 Å². The molecule has 0 saturated heterocycles. The molecule has 3 N–H and O–H groups in total. The highest BCUT2D eigenvalue weighted by Crippen LogP contribution is 2.43. The monoisotopic (exact) mass is 580 g/mol. The van der Waals surface area contributed by atoms with E-state index in [1.165, 1.54) is 24.0 Å². The first kappa shape index (κ1) is 25.1. The number of aromatic nitrogens is 3. The van der Waals surface area contributed by atoms with E-state index < -0.39 is 0 Å². The molecule has 1 aliphatic carbocycles. The second-order valence-electron chi connectivity index (χ2n) is 9.91. The number of aryl methyl sites for hydroxylation is 1. The SMILES string of the molecule is Cc1ccccc1-c1cc(NCc2ccc(CNC(=O)Nc3ccccc3C3CC3)cc2)n2ncc(Br)c2n1. The van der Waals surface area contributed by atoms with E-state index in [2.05, 4.69) is 74.2 Å². The number of nitrogens with zero attached hydrogens (tertiary/aromatic N) is 3. The molecular formula is C31H29BrN6O. The summed E-state index contributed by atoms with van der Waals surface area (Å²) in [5, 5.41) is 14.0. The van der Waals surface area contributed by atoms with Crippen LogP contribution in [0, 0.1) is 6.92 Å². The molecule has 6 rings (SSSR count). The van der Waals surface area contributed by atoms with E-state index in [0.717, 1.165) is 44.0 Å². The lowest BCUT2D eigenvalue weighted by Crippen LogP contribution is -2.28. The Balaban J connectivity index is 1.10. The summed E-state index contributed by atoms with van der Waals surface area (Å²) >= 11 is 3.58. The number of carbonyl (C=O) groups excluding carboxylic acids is 1. The van der Waals surface area contributed by atoms with E-state index in [0.29, 0.717) is 19.0 Å². The average Bonchev–Trinajstić information content (AvgIpc) is 3.74. The van der Waals surface area contributed by atoms with Gasteiger partial charge in [0, 0.05) is 30.4 Å². The molecule has 39 heavy (non-hydrogen) atoms. The predicted octanol–water partition coefficient (Wildman–Crippen LogP) is 7.28. The number of hydrogen-bond acceptors (Lipinski definition) is 4. The number of amides is 2. The van der Waals surface area contributed by atoms with Crippen molar-refractivity contribution in [3.8, 4) is 11.3 Å². The van der Waals surface area contributed by atoms with Gasteiger partial charge in [0.25, 0.3) is 0 Å². The molecular weight excluding hydrogens is 552 g/mol. The van der Waals surface area contributed by atoms with Crippen LogP contribution in [-0.4, -0.2) is 20.6 Å².